The van der Waals surface area contributed by atoms with Crippen LogP contribution in [0.3, 0.4) is 0 Å². The minimum absolute atomic E-state index is 0.0658. The number of thiazole rings is 1. The van der Waals surface area contributed by atoms with Crippen molar-refractivity contribution in [1.29, 1.82) is 0 Å². The van der Waals surface area contributed by atoms with Gasteiger partial charge in [0.1, 0.15) is 5.01 Å². The number of hydrogen-bond acceptors (Lipinski definition) is 3. The second-order valence-electron chi connectivity index (χ2n) is 12.7. The van der Waals surface area contributed by atoms with Gasteiger partial charge >= 0.3 is 0 Å². The van der Waals surface area contributed by atoms with Crippen molar-refractivity contribution in [3.05, 3.63) is 107 Å². The highest BCUT2D eigenvalue weighted by molar-refractivity contribution is 7.21. The van der Waals surface area contributed by atoms with Crippen LogP contribution in [0, 0.1) is 13.8 Å². The lowest BCUT2D eigenvalue weighted by Crippen LogP contribution is -2.17. The molecule has 5 rings (SSSR count). The predicted molar refractivity (Wildman–Crippen MR) is 171 cm³/mol. The van der Waals surface area contributed by atoms with Crippen molar-refractivity contribution in [3.8, 4) is 21.7 Å². The molecule has 1 heterocycles. The van der Waals surface area contributed by atoms with E-state index in [-0.39, 0.29) is 10.8 Å². The van der Waals surface area contributed by atoms with Crippen LogP contribution in [0.2, 0.25) is 0 Å². The average Bonchev–Trinajstić information content (AvgIpc) is 3.30. The number of aryl methyl sites for hydroxylation is 2. The highest BCUT2D eigenvalue weighted by atomic mass is 32.1. The molecule has 1 aromatic heterocycles. The highest BCUT2D eigenvalue weighted by Crippen LogP contribution is 2.39. The highest BCUT2D eigenvalue weighted by Gasteiger charge is 2.20. The molecule has 0 spiro atoms. The summed E-state index contributed by atoms with van der Waals surface area (Å²) in [5, 5.41) is 0.994. The molecule has 0 unspecified atom stereocenters. The van der Waals surface area contributed by atoms with Crippen LogP contribution in [0.5, 0.6) is 0 Å². The molecule has 0 saturated carbocycles. The molecular weight excluding hydrogens is 492 g/mol. The lowest BCUT2D eigenvalue weighted by atomic mass is 9.79. The smallest absolute Gasteiger partial charge is 0.126 e. The normalized spacial score (nSPS) is 12.5. The van der Waals surface area contributed by atoms with Crippen molar-refractivity contribution in [2.75, 3.05) is 0 Å². The average molecular weight is 531 g/mol. The zero-order chi connectivity index (χ0) is 27.9. The van der Waals surface area contributed by atoms with Crippen LogP contribution < -0.4 is 0 Å². The molecule has 0 aliphatic carbocycles. The summed E-state index contributed by atoms with van der Waals surface area (Å²) in [6.45, 7) is 17.9. The number of rotatable bonds is 4. The van der Waals surface area contributed by atoms with Gasteiger partial charge in [-0.3, -0.25) is 4.99 Å². The zero-order valence-corrected chi connectivity index (χ0v) is 25.2. The van der Waals surface area contributed by atoms with Crippen LogP contribution in [0.25, 0.3) is 31.9 Å². The van der Waals surface area contributed by atoms with Crippen molar-refractivity contribution < 1.29 is 0 Å². The Hall–Kier alpha value is -3.56. The third kappa shape index (κ3) is 5.89. The number of fused-ring (bicyclic) bond motifs is 1. The van der Waals surface area contributed by atoms with Gasteiger partial charge < -0.3 is 0 Å². The van der Waals surface area contributed by atoms with Crippen LogP contribution in [0.1, 0.15) is 69.4 Å². The molecule has 39 heavy (non-hydrogen) atoms. The minimum atomic E-state index is 0.0658. The molecule has 0 amide bonds. The largest absolute Gasteiger partial charge is 0.256 e. The molecule has 0 radical (unpaired) electrons. The maximum atomic E-state index is 5.17. The Kier molecular flexibility index (Phi) is 7.07. The fraction of sp³-hybridized carbons (Fsp3) is 0.278. The van der Waals surface area contributed by atoms with Gasteiger partial charge in [0.25, 0.3) is 0 Å². The third-order valence-electron chi connectivity index (χ3n) is 7.13. The van der Waals surface area contributed by atoms with Crippen LogP contribution in [0.15, 0.2) is 83.9 Å². The molecule has 0 saturated heterocycles. The molecule has 198 valence electrons. The van der Waals surface area contributed by atoms with Gasteiger partial charge in [0.05, 0.1) is 15.9 Å². The Labute approximate surface area is 237 Å². The van der Waals surface area contributed by atoms with Crippen LogP contribution in [-0.2, 0) is 10.8 Å². The van der Waals surface area contributed by atoms with E-state index >= 15 is 0 Å². The summed E-state index contributed by atoms with van der Waals surface area (Å²) in [5.74, 6) is 0. The Morgan fingerprint density at radius 2 is 1.31 bits per heavy atom. The van der Waals surface area contributed by atoms with Gasteiger partial charge in [-0.25, -0.2) is 4.98 Å². The quantitative estimate of drug-likeness (QED) is 0.212. The number of aliphatic imine (C=N–C) groups is 1. The SMILES string of the molecule is Cc1cc(C)cc(-c2cccc3sc(-c4ccccc4N=Cc4cc(C(C)(C)C)cc(C(C)(C)C)c4)nc23)c1. The fourth-order valence-corrected chi connectivity index (χ4v) is 5.96. The van der Waals surface area contributed by atoms with E-state index in [1.807, 2.05) is 6.21 Å². The molecule has 0 N–H and O–H groups in total. The van der Waals surface area contributed by atoms with Crippen molar-refractivity contribution >= 4 is 33.5 Å². The summed E-state index contributed by atoms with van der Waals surface area (Å²) in [7, 11) is 0. The standard InChI is InChI=1S/C36H38N2S/c1-23-16-24(2)18-26(17-23)29-13-11-15-32-33(29)38-34(39-32)30-12-9-10-14-31(30)37-22-25-19-27(35(3,4)5)21-28(20-25)36(6,7)8/h9-22H,1-8H3. The van der Waals surface area contributed by atoms with Gasteiger partial charge in [-0.1, -0.05) is 101 Å². The molecule has 0 aliphatic rings. The molecule has 5 aromatic rings. The molecule has 0 fully saturated rings. The molecule has 0 atom stereocenters. The maximum absolute atomic E-state index is 5.17. The molecular formula is C36H38N2S. The van der Waals surface area contributed by atoms with Crippen LogP contribution in [0.4, 0.5) is 5.69 Å². The van der Waals surface area contributed by atoms with Gasteiger partial charge in [-0.05, 0) is 77.3 Å². The Bertz CT molecular complexity index is 1640. The van der Waals surface area contributed by atoms with Crippen molar-refractivity contribution in [2.45, 2.75) is 66.2 Å². The first-order chi connectivity index (χ1) is 18.4. The second kappa shape index (κ2) is 10.2. The number of para-hydroxylation sites is 2. The molecule has 4 aromatic carbocycles. The molecule has 0 aliphatic heterocycles. The van der Waals surface area contributed by atoms with Crippen molar-refractivity contribution in [3.63, 3.8) is 0 Å². The Morgan fingerprint density at radius 3 is 1.95 bits per heavy atom. The van der Waals surface area contributed by atoms with Gasteiger partial charge in [0.15, 0.2) is 0 Å². The topological polar surface area (TPSA) is 25.2 Å². The first-order valence-corrected chi connectivity index (χ1v) is 14.5. The van der Waals surface area contributed by atoms with E-state index in [2.05, 4.69) is 134 Å². The molecule has 2 nitrogen and oxygen atoms in total. The fourth-order valence-electron chi connectivity index (χ4n) is 4.93. The van der Waals surface area contributed by atoms with Crippen molar-refractivity contribution in [1.82, 2.24) is 4.98 Å². The van der Waals surface area contributed by atoms with E-state index in [0.717, 1.165) is 27.3 Å². The summed E-state index contributed by atoms with van der Waals surface area (Å²) >= 11 is 1.73. The lowest BCUT2D eigenvalue weighted by Gasteiger charge is -2.25. The number of nitrogens with zero attached hydrogens (tertiary/aromatic N) is 2. The summed E-state index contributed by atoms with van der Waals surface area (Å²) in [4.78, 5) is 10.2. The summed E-state index contributed by atoms with van der Waals surface area (Å²) in [5.41, 5.74) is 11.9. The van der Waals surface area contributed by atoms with Crippen LogP contribution >= 0.6 is 11.3 Å². The van der Waals surface area contributed by atoms with Gasteiger partial charge in [-0.15, -0.1) is 11.3 Å². The van der Waals surface area contributed by atoms with E-state index in [9.17, 15) is 0 Å². The van der Waals surface area contributed by atoms with Crippen LogP contribution in [-0.4, -0.2) is 11.2 Å². The van der Waals surface area contributed by atoms with E-state index in [1.54, 1.807) is 11.3 Å². The second-order valence-corrected chi connectivity index (χ2v) is 13.7. The van der Waals surface area contributed by atoms with Gasteiger partial charge in [0, 0.05) is 17.3 Å². The van der Waals surface area contributed by atoms with Crippen molar-refractivity contribution in [2.24, 2.45) is 4.99 Å². The first-order valence-electron chi connectivity index (χ1n) is 13.7. The Balaban J connectivity index is 1.57. The predicted octanol–water partition coefficient (Wildman–Crippen LogP) is 10.6. The molecule has 0 bridgehead atoms. The van der Waals surface area contributed by atoms with E-state index in [0.29, 0.717) is 0 Å². The summed E-state index contributed by atoms with van der Waals surface area (Å²) in [6, 6.07) is 28.4. The number of benzene rings is 4. The Morgan fingerprint density at radius 1 is 0.692 bits per heavy atom. The minimum Gasteiger partial charge on any atom is -0.256 e. The summed E-state index contributed by atoms with van der Waals surface area (Å²) in [6.07, 6.45) is 2.01. The van der Waals surface area contributed by atoms with Gasteiger partial charge in [-0.2, -0.15) is 0 Å². The maximum Gasteiger partial charge on any atom is 0.126 e. The zero-order valence-electron chi connectivity index (χ0n) is 24.4. The molecule has 3 heteroatoms. The number of hydrogen-bond donors (Lipinski definition) is 0. The summed E-state index contributed by atoms with van der Waals surface area (Å²) < 4.78 is 1.19. The van der Waals surface area contributed by atoms with Gasteiger partial charge in [0.2, 0.25) is 0 Å². The number of aromatic nitrogens is 1. The first kappa shape index (κ1) is 27.0. The lowest BCUT2D eigenvalue weighted by molar-refractivity contribution is 0.568. The monoisotopic (exact) mass is 530 g/mol. The van der Waals surface area contributed by atoms with E-state index in [4.69, 9.17) is 9.98 Å². The third-order valence-corrected chi connectivity index (χ3v) is 8.18. The van der Waals surface area contributed by atoms with E-state index < -0.39 is 0 Å². The van der Waals surface area contributed by atoms with E-state index in [1.165, 1.54) is 38.1 Å².